The average Bonchev–Trinajstić information content (AvgIpc) is 3.20. The molecular weight excluding hydrogens is 289 g/mol. The number of hydrogen-bond donors (Lipinski definition) is 1. The van der Waals surface area contributed by atoms with Crippen LogP contribution >= 0.6 is 0 Å². The lowest BCUT2D eigenvalue weighted by atomic mass is 9.79. The first kappa shape index (κ1) is 14.9. The quantitative estimate of drug-likeness (QED) is 0.936. The number of fused-ring (bicyclic) bond motifs is 1. The highest BCUT2D eigenvalue weighted by atomic mass is 19.1. The van der Waals surface area contributed by atoms with Crippen molar-refractivity contribution in [3.63, 3.8) is 0 Å². The van der Waals surface area contributed by atoms with Crippen molar-refractivity contribution in [2.24, 2.45) is 0 Å². The summed E-state index contributed by atoms with van der Waals surface area (Å²) in [5.41, 5.74) is 3.86. The van der Waals surface area contributed by atoms with Crippen LogP contribution in [0.1, 0.15) is 23.1 Å². The molecule has 0 bridgehead atoms. The van der Waals surface area contributed by atoms with Crippen LogP contribution in [0.25, 0.3) is 0 Å². The third-order valence-corrected chi connectivity index (χ3v) is 5.32. The van der Waals surface area contributed by atoms with Crippen LogP contribution in [-0.4, -0.2) is 25.8 Å². The van der Waals surface area contributed by atoms with Crippen molar-refractivity contribution in [2.45, 2.75) is 30.7 Å². The summed E-state index contributed by atoms with van der Waals surface area (Å²) in [4.78, 5) is 0. The number of nitrogens with one attached hydrogen (secondary N) is 1. The van der Waals surface area contributed by atoms with Gasteiger partial charge < -0.3 is 10.1 Å². The number of hydrogen-bond acceptors (Lipinski definition) is 2. The molecule has 0 radical (unpaired) electrons. The Bertz CT molecular complexity index is 669. The second kappa shape index (κ2) is 6.06. The highest BCUT2D eigenvalue weighted by molar-refractivity contribution is 5.34. The molecule has 1 heterocycles. The molecule has 1 aliphatic heterocycles. The summed E-state index contributed by atoms with van der Waals surface area (Å²) in [6, 6.07) is 16.1. The van der Waals surface area contributed by atoms with Gasteiger partial charge in [-0.15, -0.1) is 0 Å². The fraction of sp³-hybridized carbons (Fsp3) is 0.400. The SMILES string of the molecule is Fc1cccc([C@]2(CNC3Cc4ccccc4C3)CCOC2)c1. The zero-order valence-electron chi connectivity index (χ0n) is 13.2. The molecule has 23 heavy (non-hydrogen) atoms. The van der Waals surface area contributed by atoms with Gasteiger partial charge in [0.05, 0.1) is 6.61 Å². The molecule has 1 aliphatic carbocycles. The minimum absolute atomic E-state index is 0.100. The highest BCUT2D eigenvalue weighted by Crippen LogP contribution is 2.33. The molecule has 120 valence electrons. The van der Waals surface area contributed by atoms with Crippen LogP contribution < -0.4 is 5.32 Å². The lowest BCUT2D eigenvalue weighted by Crippen LogP contribution is -2.43. The van der Waals surface area contributed by atoms with Crippen molar-refractivity contribution in [3.8, 4) is 0 Å². The van der Waals surface area contributed by atoms with Crippen molar-refractivity contribution in [3.05, 3.63) is 71.0 Å². The van der Waals surface area contributed by atoms with Gasteiger partial charge in [0.1, 0.15) is 5.82 Å². The molecule has 0 unspecified atom stereocenters. The summed E-state index contributed by atoms with van der Waals surface area (Å²) in [7, 11) is 0. The summed E-state index contributed by atoms with van der Waals surface area (Å²) in [5, 5.41) is 3.73. The molecule has 0 aromatic heterocycles. The van der Waals surface area contributed by atoms with Gasteiger partial charge in [0.25, 0.3) is 0 Å². The van der Waals surface area contributed by atoms with Crippen molar-refractivity contribution < 1.29 is 9.13 Å². The number of ether oxygens (including phenoxy) is 1. The Morgan fingerprint density at radius 3 is 2.52 bits per heavy atom. The van der Waals surface area contributed by atoms with Gasteiger partial charge in [0.2, 0.25) is 0 Å². The van der Waals surface area contributed by atoms with E-state index in [1.54, 1.807) is 12.1 Å². The van der Waals surface area contributed by atoms with Crippen LogP contribution in [0, 0.1) is 5.82 Å². The standard InChI is InChI=1S/C20H22FNO/c21-18-7-3-6-17(12-18)20(8-9-23-14-20)13-22-19-10-15-4-1-2-5-16(15)11-19/h1-7,12,19,22H,8-11,13-14H2/t20-/m0/s1. The van der Waals surface area contributed by atoms with E-state index in [1.807, 2.05) is 6.07 Å². The Hall–Kier alpha value is -1.71. The lowest BCUT2D eigenvalue weighted by molar-refractivity contribution is 0.175. The van der Waals surface area contributed by atoms with E-state index in [1.165, 1.54) is 17.2 Å². The van der Waals surface area contributed by atoms with E-state index >= 15 is 0 Å². The Morgan fingerprint density at radius 1 is 1.09 bits per heavy atom. The minimum atomic E-state index is -0.165. The maximum atomic E-state index is 13.6. The third-order valence-electron chi connectivity index (χ3n) is 5.32. The monoisotopic (exact) mass is 311 g/mol. The van der Waals surface area contributed by atoms with E-state index in [2.05, 4.69) is 29.6 Å². The number of benzene rings is 2. The van der Waals surface area contributed by atoms with Crippen LogP contribution in [0.2, 0.25) is 0 Å². The van der Waals surface area contributed by atoms with Gasteiger partial charge >= 0.3 is 0 Å². The number of halogens is 1. The molecule has 0 spiro atoms. The second-order valence-electron chi connectivity index (χ2n) is 6.85. The summed E-state index contributed by atoms with van der Waals surface area (Å²) >= 11 is 0. The smallest absolute Gasteiger partial charge is 0.123 e. The van der Waals surface area contributed by atoms with Crippen molar-refractivity contribution in [1.29, 1.82) is 0 Å². The molecule has 2 aliphatic rings. The van der Waals surface area contributed by atoms with Crippen molar-refractivity contribution in [1.82, 2.24) is 5.32 Å². The Kier molecular flexibility index (Phi) is 3.92. The highest BCUT2D eigenvalue weighted by Gasteiger charge is 2.37. The molecule has 1 N–H and O–H groups in total. The zero-order chi connectivity index (χ0) is 15.7. The molecule has 4 rings (SSSR count). The summed E-state index contributed by atoms with van der Waals surface area (Å²) in [5.74, 6) is -0.165. The summed E-state index contributed by atoms with van der Waals surface area (Å²) in [6.07, 6.45) is 3.11. The molecule has 1 atom stereocenters. The van der Waals surface area contributed by atoms with Crippen molar-refractivity contribution >= 4 is 0 Å². The molecule has 0 saturated carbocycles. The molecule has 2 aromatic rings. The molecule has 1 saturated heterocycles. The van der Waals surface area contributed by atoms with E-state index in [-0.39, 0.29) is 11.2 Å². The Balaban J connectivity index is 1.48. The average molecular weight is 311 g/mol. The van der Waals surface area contributed by atoms with Crippen LogP contribution in [0.3, 0.4) is 0 Å². The van der Waals surface area contributed by atoms with Gasteiger partial charge in [-0.2, -0.15) is 0 Å². The first-order chi connectivity index (χ1) is 11.3. The Labute approximate surface area is 136 Å². The van der Waals surface area contributed by atoms with Crippen LogP contribution in [0.4, 0.5) is 4.39 Å². The van der Waals surface area contributed by atoms with E-state index in [9.17, 15) is 4.39 Å². The van der Waals surface area contributed by atoms with Gasteiger partial charge in [-0.05, 0) is 48.1 Å². The van der Waals surface area contributed by atoms with Crippen LogP contribution in [0.15, 0.2) is 48.5 Å². The van der Waals surface area contributed by atoms with Gasteiger partial charge in [0, 0.05) is 24.6 Å². The Morgan fingerprint density at radius 2 is 1.87 bits per heavy atom. The van der Waals surface area contributed by atoms with E-state index in [0.29, 0.717) is 12.6 Å². The van der Waals surface area contributed by atoms with Gasteiger partial charge in [0.15, 0.2) is 0 Å². The summed E-state index contributed by atoms with van der Waals surface area (Å²) in [6.45, 7) is 2.27. The van der Waals surface area contributed by atoms with Gasteiger partial charge in [-0.3, -0.25) is 0 Å². The fourth-order valence-electron chi connectivity index (χ4n) is 3.94. The van der Waals surface area contributed by atoms with E-state index in [0.717, 1.165) is 38.0 Å². The minimum Gasteiger partial charge on any atom is -0.380 e. The summed E-state index contributed by atoms with van der Waals surface area (Å²) < 4.78 is 19.3. The van der Waals surface area contributed by atoms with Gasteiger partial charge in [-0.25, -0.2) is 4.39 Å². The molecule has 0 amide bonds. The maximum absolute atomic E-state index is 13.6. The largest absolute Gasteiger partial charge is 0.380 e. The topological polar surface area (TPSA) is 21.3 Å². The molecule has 2 aromatic carbocycles. The lowest BCUT2D eigenvalue weighted by Gasteiger charge is -2.30. The van der Waals surface area contributed by atoms with Gasteiger partial charge in [-0.1, -0.05) is 36.4 Å². The molecular formula is C20H22FNO. The molecule has 2 nitrogen and oxygen atoms in total. The molecule has 3 heteroatoms. The van der Waals surface area contributed by atoms with Crippen molar-refractivity contribution in [2.75, 3.05) is 19.8 Å². The predicted molar refractivity (Wildman–Crippen MR) is 89.2 cm³/mol. The third kappa shape index (κ3) is 2.91. The first-order valence-corrected chi connectivity index (χ1v) is 8.39. The number of rotatable bonds is 4. The van der Waals surface area contributed by atoms with Crippen LogP contribution in [-0.2, 0) is 23.0 Å². The second-order valence-corrected chi connectivity index (χ2v) is 6.85. The normalized spacial score (nSPS) is 24.0. The molecule has 1 fully saturated rings. The first-order valence-electron chi connectivity index (χ1n) is 8.39. The fourth-order valence-corrected chi connectivity index (χ4v) is 3.94. The zero-order valence-corrected chi connectivity index (χ0v) is 13.2. The maximum Gasteiger partial charge on any atom is 0.123 e. The van der Waals surface area contributed by atoms with E-state index < -0.39 is 0 Å². The predicted octanol–water partition coefficient (Wildman–Crippen LogP) is 3.24. The van der Waals surface area contributed by atoms with Crippen LogP contribution in [0.5, 0.6) is 0 Å². The van der Waals surface area contributed by atoms with E-state index in [4.69, 9.17) is 4.74 Å².